The van der Waals surface area contributed by atoms with Gasteiger partial charge in [-0.15, -0.1) is 0 Å². The van der Waals surface area contributed by atoms with E-state index in [9.17, 15) is 0 Å². The molecule has 0 fully saturated rings. The molecule has 2 aliphatic rings. The highest BCUT2D eigenvalue weighted by Gasteiger charge is 2.37. The first-order valence-corrected chi connectivity index (χ1v) is 17.9. The largest absolute Gasteiger partial charge is 0.309 e. The van der Waals surface area contributed by atoms with Gasteiger partial charge in [-0.3, -0.25) is 0 Å². The summed E-state index contributed by atoms with van der Waals surface area (Å²) in [5.74, 6) is 1.01. The molecule has 10 rings (SSSR count). The predicted molar refractivity (Wildman–Crippen MR) is 208 cm³/mol. The fourth-order valence-electron chi connectivity index (χ4n) is 7.67. The predicted octanol–water partition coefficient (Wildman–Crippen LogP) is 12.0. The molecule has 0 spiro atoms. The number of hydrogen-bond acceptors (Lipinski definition) is 3. The minimum absolute atomic E-state index is 0.0106. The maximum atomic E-state index is 5.26. The Hall–Kier alpha value is -5.97. The molecule has 0 N–H and O–H groups in total. The summed E-state index contributed by atoms with van der Waals surface area (Å²) < 4.78 is 2.37. The lowest BCUT2D eigenvalue weighted by molar-refractivity contribution is 0.675. The summed E-state index contributed by atoms with van der Waals surface area (Å²) in [6.45, 7) is 0. The van der Waals surface area contributed by atoms with Gasteiger partial charge in [-0.05, 0) is 70.1 Å². The van der Waals surface area contributed by atoms with Crippen LogP contribution in [-0.4, -0.2) is 14.5 Å². The van der Waals surface area contributed by atoms with Gasteiger partial charge in [0, 0.05) is 44.3 Å². The Kier molecular flexibility index (Phi) is 6.88. The normalized spacial score (nSPS) is 16.4. The summed E-state index contributed by atoms with van der Waals surface area (Å²) >= 11 is 1.88. The van der Waals surface area contributed by atoms with Crippen molar-refractivity contribution in [2.24, 2.45) is 0 Å². The Balaban J connectivity index is 1.09. The highest BCUT2D eigenvalue weighted by molar-refractivity contribution is 8.03. The standard InChI is InChI=1S/C46H31N3S/c1-4-13-30(14-5-1)39-29-40(31-15-6-2-7-16-31)48-46(47-39)36-20-12-22-44-45(36)38-28-33(24-26-43(38)50-44)32-23-25-42-37(27-32)35-19-10-11-21-41(35)49(42)34-17-8-3-9-18-34/h1-29,36,45H. The average Bonchev–Trinajstić information content (AvgIpc) is 3.74. The van der Waals surface area contributed by atoms with Crippen LogP contribution >= 0.6 is 11.8 Å². The van der Waals surface area contributed by atoms with Crippen LogP contribution in [0.25, 0.3) is 61.1 Å². The lowest BCUT2D eigenvalue weighted by Crippen LogP contribution is -2.14. The molecular weight excluding hydrogens is 627 g/mol. The van der Waals surface area contributed by atoms with E-state index in [1.54, 1.807) is 0 Å². The molecule has 0 amide bonds. The number of allylic oxidation sites excluding steroid dienone is 4. The minimum atomic E-state index is 0.0106. The molecule has 0 saturated carbocycles. The minimum Gasteiger partial charge on any atom is -0.309 e. The lowest BCUT2D eigenvalue weighted by atomic mass is 9.81. The molecule has 1 aliphatic heterocycles. The Morgan fingerprint density at radius 2 is 1.14 bits per heavy atom. The van der Waals surface area contributed by atoms with E-state index in [1.165, 1.54) is 54.0 Å². The highest BCUT2D eigenvalue weighted by Crippen LogP contribution is 2.56. The van der Waals surface area contributed by atoms with Crippen LogP contribution in [0.1, 0.15) is 23.2 Å². The Labute approximate surface area is 295 Å². The monoisotopic (exact) mass is 657 g/mol. The molecule has 50 heavy (non-hydrogen) atoms. The van der Waals surface area contributed by atoms with Crippen LogP contribution in [0, 0.1) is 0 Å². The van der Waals surface area contributed by atoms with E-state index in [-0.39, 0.29) is 11.8 Å². The van der Waals surface area contributed by atoms with Crippen molar-refractivity contribution >= 4 is 33.6 Å². The van der Waals surface area contributed by atoms with Crippen molar-refractivity contribution in [1.82, 2.24) is 14.5 Å². The Morgan fingerprint density at radius 1 is 0.520 bits per heavy atom. The molecule has 0 radical (unpaired) electrons. The second-order valence-corrected chi connectivity index (χ2v) is 14.1. The number of nitrogens with zero attached hydrogens (tertiary/aromatic N) is 3. The number of fused-ring (bicyclic) bond motifs is 6. The summed E-state index contributed by atoms with van der Waals surface area (Å²) in [6, 6.07) is 56.3. The second-order valence-electron chi connectivity index (χ2n) is 13.0. The third-order valence-electron chi connectivity index (χ3n) is 10.0. The molecule has 0 saturated heterocycles. The third-order valence-corrected chi connectivity index (χ3v) is 11.2. The third kappa shape index (κ3) is 4.83. The second kappa shape index (κ2) is 11.9. The number of thioether (sulfide) groups is 1. The van der Waals surface area contributed by atoms with Crippen LogP contribution in [0.3, 0.4) is 0 Å². The smallest absolute Gasteiger partial charge is 0.137 e. The topological polar surface area (TPSA) is 30.7 Å². The first-order valence-electron chi connectivity index (χ1n) is 17.1. The first kappa shape index (κ1) is 29.0. The SMILES string of the molecule is C1=CC(c2nc(-c3ccccc3)cc(-c3ccccc3)n2)C2C(=C1)Sc1ccc(-c3ccc4c(c3)c3ccccc3n4-c3ccccc3)cc12. The molecule has 236 valence electrons. The number of rotatable bonds is 5. The van der Waals surface area contributed by atoms with Gasteiger partial charge in [0.15, 0.2) is 0 Å². The molecule has 1 aliphatic carbocycles. The van der Waals surface area contributed by atoms with Crippen LogP contribution in [0.4, 0.5) is 0 Å². The number of hydrogen-bond donors (Lipinski definition) is 0. The van der Waals surface area contributed by atoms with Gasteiger partial charge >= 0.3 is 0 Å². The summed E-state index contributed by atoms with van der Waals surface area (Å²) in [6.07, 6.45) is 6.75. The van der Waals surface area contributed by atoms with Gasteiger partial charge in [-0.1, -0.05) is 139 Å². The fraction of sp³-hybridized carbons (Fsp3) is 0.0435. The van der Waals surface area contributed by atoms with Gasteiger partial charge in [0.25, 0.3) is 0 Å². The molecule has 2 aromatic heterocycles. The van der Waals surface area contributed by atoms with Gasteiger partial charge in [-0.2, -0.15) is 0 Å². The van der Waals surface area contributed by atoms with Gasteiger partial charge in [0.2, 0.25) is 0 Å². The highest BCUT2D eigenvalue weighted by atomic mass is 32.2. The van der Waals surface area contributed by atoms with Crippen LogP contribution < -0.4 is 0 Å². The molecular formula is C46H31N3S. The van der Waals surface area contributed by atoms with E-state index in [0.29, 0.717) is 0 Å². The zero-order valence-corrected chi connectivity index (χ0v) is 28.0. The quantitative estimate of drug-likeness (QED) is 0.185. The van der Waals surface area contributed by atoms with Gasteiger partial charge in [0.05, 0.1) is 22.4 Å². The van der Waals surface area contributed by atoms with Crippen molar-refractivity contribution in [3.8, 4) is 39.3 Å². The Bertz CT molecular complexity index is 2560. The molecule has 3 nitrogen and oxygen atoms in total. The fourth-order valence-corrected chi connectivity index (χ4v) is 8.91. The number of aromatic nitrogens is 3. The molecule has 3 heterocycles. The maximum absolute atomic E-state index is 5.26. The van der Waals surface area contributed by atoms with Crippen molar-refractivity contribution in [2.75, 3.05) is 0 Å². The summed E-state index contributed by atoms with van der Waals surface area (Å²) in [4.78, 5) is 13.2. The lowest BCUT2D eigenvalue weighted by Gasteiger charge is -2.25. The number of para-hydroxylation sites is 2. The summed E-state index contributed by atoms with van der Waals surface area (Å²) in [5, 5.41) is 2.52. The first-order chi connectivity index (χ1) is 24.8. The van der Waals surface area contributed by atoms with E-state index in [4.69, 9.17) is 9.97 Å². The van der Waals surface area contributed by atoms with E-state index in [0.717, 1.165) is 28.3 Å². The molecule has 2 atom stereocenters. The zero-order chi connectivity index (χ0) is 33.0. The average molecular weight is 658 g/mol. The van der Waals surface area contributed by atoms with Gasteiger partial charge in [0.1, 0.15) is 5.82 Å². The van der Waals surface area contributed by atoms with Gasteiger partial charge < -0.3 is 4.57 Å². The molecule has 2 unspecified atom stereocenters. The van der Waals surface area contributed by atoms with E-state index < -0.39 is 0 Å². The molecule has 6 aromatic carbocycles. The van der Waals surface area contributed by atoms with Crippen LogP contribution in [-0.2, 0) is 0 Å². The van der Waals surface area contributed by atoms with E-state index in [1.807, 2.05) is 23.9 Å². The molecule has 0 bridgehead atoms. The molecule has 8 aromatic rings. The Morgan fingerprint density at radius 3 is 1.88 bits per heavy atom. The van der Waals surface area contributed by atoms with Crippen molar-refractivity contribution < 1.29 is 0 Å². The zero-order valence-electron chi connectivity index (χ0n) is 27.1. The summed E-state index contributed by atoms with van der Waals surface area (Å²) in [7, 11) is 0. The van der Waals surface area contributed by atoms with Crippen molar-refractivity contribution in [1.29, 1.82) is 0 Å². The van der Waals surface area contributed by atoms with E-state index in [2.05, 4.69) is 168 Å². The maximum Gasteiger partial charge on any atom is 0.137 e. The van der Waals surface area contributed by atoms with E-state index >= 15 is 0 Å². The van der Waals surface area contributed by atoms with Crippen LogP contribution in [0.2, 0.25) is 0 Å². The molecule has 4 heteroatoms. The van der Waals surface area contributed by atoms with Crippen molar-refractivity contribution in [3.05, 3.63) is 192 Å². The van der Waals surface area contributed by atoms with Crippen molar-refractivity contribution in [2.45, 2.75) is 16.7 Å². The number of benzene rings is 6. The van der Waals surface area contributed by atoms with Crippen LogP contribution in [0.5, 0.6) is 0 Å². The van der Waals surface area contributed by atoms with Gasteiger partial charge in [-0.25, -0.2) is 9.97 Å². The van der Waals surface area contributed by atoms with Crippen LogP contribution in [0.15, 0.2) is 186 Å². The summed E-state index contributed by atoms with van der Waals surface area (Å²) in [5.41, 5.74) is 11.5. The van der Waals surface area contributed by atoms with Crippen molar-refractivity contribution in [3.63, 3.8) is 0 Å².